The molecule has 1 amide bonds. The predicted octanol–water partition coefficient (Wildman–Crippen LogP) is 4.23. The van der Waals surface area contributed by atoms with Gasteiger partial charge in [-0.2, -0.15) is 0 Å². The number of hydrogen-bond acceptors (Lipinski definition) is 4. The topological polar surface area (TPSA) is 42.0 Å². The number of anilines is 1. The third-order valence-electron chi connectivity index (χ3n) is 5.29. The van der Waals surface area contributed by atoms with Gasteiger partial charge in [-0.25, -0.2) is 10.0 Å². The molecule has 5 nitrogen and oxygen atoms in total. The van der Waals surface area contributed by atoms with E-state index in [1.165, 1.54) is 0 Å². The van der Waals surface area contributed by atoms with Gasteiger partial charge in [-0.3, -0.25) is 4.79 Å². The molecule has 1 unspecified atom stereocenters. The molecule has 0 radical (unpaired) electrons. The summed E-state index contributed by atoms with van der Waals surface area (Å²) in [7, 11) is 5.17. The van der Waals surface area contributed by atoms with Gasteiger partial charge < -0.3 is 9.47 Å². The number of ether oxygens (including phenoxy) is 2. The number of rotatable bonds is 6. The summed E-state index contributed by atoms with van der Waals surface area (Å²) in [6.07, 6.45) is 0. The first-order valence-corrected chi connectivity index (χ1v) is 9.54. The van der Waals surface area contributed by atoms with Crippen molar-refractivity contribution in [2.24, 2.45) is 0 Å². The van der Waals surface area contributed by atoms with Crippen LogP contribution in [0.5, 0.6) is 11.5 Å². The average Bonchev–Trinajstić information content (AvgIpc) is 3.05. The number of amides is 1. The van der Waals surface area contributed by atoms with Crippen molar-refractivity contribution in [2.45, 2.75) is 12.5 Å². The molecule has 3 aromatic carbocycles. The van der Waals surface area contributed by atoms with Crippen LogP contribution in [0.3, 0.4) is 0 Å². The highest BCUT2D eigenvalue weighted by Gasteiger charge is 2.40. The number of para-hydroxylation sites is 2. The molecule has 4 rings (SSSR count). The highest BCUT2D eigenvalue weighted by molar-refractivity contribution is 6.06. The monoisotopic (exact) mass is 388 g/mol. The molecule has 148 valence electrons. The Morgan fingerprint density at radius 3 is 2.34 bits per heavy atom. The van der Waals surface area contributed by atoms with E-state index in [1.54, 1.807) is 19.2 Å². The highest BCUT2D eigenvalue weighted by atomic mass is 16.5. The van der Waals surface area contributed by atoms with Crippen LogP contribution in [-0.4, -0.2) is 32.2 Å². The third-order valence-corrected chi connectivity index (χ3v) is 5.29. The van der Waals surface area contributed by atoms with Crippen molar-refractivity contribution in [1.82, 2.24) is 5.01 Å². The van der Waals surface area contributed by atoms with Crippen LogP contribution in [0.2, 0.25) is 0 Å². The predicted molar refractivity (Wildman–Crippen MR) is 113 cm³/mol. The lowest BCUT2D eigenvalue weighted by atomic mass is 9.93. The van der Waals surface area contributed by atoms with Crippen molar-refractivity contribution in [1.29, 1.82) is 0 Å². The van der Waals surface area contributed by atoms with Crippen molar-refractivity contribution in [3.05, 3.63) is 89.5 Å². The molecule has 1 atom stereocenters. The number of fused-ring (bicyclic) bond motifs is 1. The zero-order chi connectivity index (χ0) is 20.4. The lowest BCUT2D eigenvalue weighted by molar-refractivity contribution is -0.121. The zero-order valence-corrected chi connectivity index (χ0v) is 16.8. The van der Waals surface area contributed by atoms with Gasteiger partial charge in [0.2, 0.25) is 0 Å². The molecule has 1 aliphatic rings. The van der Waals surface area contributed by atoms with E-state index in [0.717, 1.165) is 22.4 Å². The van der Waals surface area contributed by atoms with E-state index < -0.39 is 0 Å². The molecule has 3 aromatic rings. The summed E-state index contributed by atoms with van der Waals surface area (Å²) in [6, 6.07) is 23.7. The van der Waals surface area contributed by atoms with Gasteiger partial charge in [0, 0.05) is 19.2 Å². The van der Waals surface area contributed by atoms with Crippen LogP contribution in [-0.2, 0) is 11.3 Å². The van der Waals surface area contributed by atoms with Gasteiger partial charge >= 0.3 is 0 Å². The minimum absolute atomic E-state index is 0.0433. The van der Waals surface area contributed by atoms with Gasteiger partial charge in [-0.05, 0) is 23.3 Å². The van der Waals surface area contributed by atoms with E-state index in [0.29, 0.717) is 18.0 Å². The Morgan fingerprint density at radius 2 is 1.62 bits per heavy atom. The second-order valence-corrected chi connectivity index (χ2v) is 7.02. The quantitative estimate of drug-likeness (QED) is 0.634. The van der Waals surface area contributed by atoms with E-state index in [2.05, 4.69) is 0 Å². The van der Waals surface area contributed by atoms with Crippen LogP contribution in [0.25, 0.3) is 0 Å². The largest absolute Gasteiger partial charge is 0.493 e. The molecule has 0 aliphatic carbocycles. The molecule has 1 heterocycles. The molecule has 1 aliphatic heterocycles. The van der Waals surface area contributed by atoms with Crippen molar-refractivity contribution in [3.63, 3.8) is 0 Å². The third kappa shape index (κ3) is 3.34. The fourth-order valence-electron chi connectivity index (χ4n) is 4.01. The normalized spacial score (nSPS) is 15.5. The smallest absolute Gasteiger partial charge is 0.253 e. The fourth-order valence-corrected chi connectivity index (χ4v) is 4.01. The first kappa shape index (κ1) is 19.0. The molecule has 5 heteroatoms. The van der Waals surface area contributed by atoms with Crippen molar-refractivity contribution in [3.8, 4) is 11.5 Å². The van der Waals surface area contributed by atoms with E-state index in [-0.39, 0.29) is 11.8 Å². The van der Waals surface area contributed by atoms with Crippen molar-refractivity contribution in [2.75, 3.05) is 26.3 Å². The number of nitrogens with zero attached hydrogens (tertiary/aromatic N) is 2. The Kier molecular flexibility index (Phi) is 5.23. The first-order valence-electron chi connectivity index (χ1n) is 9.54. The summed E-state index contributed by atoms with van der Waals surface area (Å²) in [4.78, 5) is 13.5. The maximum Gasteiger partial charge on any atom is 0.253 e. The molecule has 0 saturated heterocycles. The summed E-state index contributed by atoms with van der Waals surface area (Å²) in [5, 5.41) is 3.70. The van der Waals surface area contributed by atoms with E-state index in [9.17, 15) is 4.79 Å². The lowest BCUT2D eigenvalue weighted by Gasteiger charge is -2.29. The first-order chi connectivity index (χ1) is 14.2. The molecule has 29 heavy (non-hydrogen) atoms. The van der Waals surface area contributed by atoms with Gasteiger partial charge in [0.25, 0.3) is 5.91 Å². The maximum atomic E-state index is 13.5. The summed E-state index contributed by atoms with van der Waals surface area (Å²) < 4.78 is 11.0. The number of carbonyl (C=O) groups is 1. The summed E-state index contributed by atoms with van der Waals surface area (Å²) in [5.74, 6) is 1.10. The summed E-state index contributed by atoms with van der Waals surface area (Å²) >= 11 is 0. The SMILES string of the molecule is COc1cccc(CN(C)N2C(=O)C(c3ccccc3)c3ccccc32)c1OC. The Morgan fingerprint density at radius 1 is 0.897 bits per heavy atom. The zero-order valence-electron chi connectivity index (χ0n) is 16.8. The van der Waals surface area contributed by atoms with Gasteiger partial charge in [0.15, 0.2) is 11.5 Å². The number of benzene rings is 3. The van der Waals surface area contributed by atoms with Crippen molar-refractivity contribution >= 4 is 11.6 Å². The van der Waals surface area contributed by atoms with E-state index >= 15 is 0 Å². The molecule has 0 fully saturated rings. The molecule has 0 aromatic heterocycles. The molecule has 0 spiro atoms. The van der Waals surface area contributed by atoms with Crippen LogP contribution in [0, 0.1) is 0 Å². The molecule has 0 saturated carbocycles. The minimum atomic E-state index is -0.304. The molecular weight excluding hydrogens is 364 g/mol. The standard InChI is InChI=1S/C24H24N2O3/c1-25(16-18-12-9-15-21(28-2)23(18)29-3)26-20-14-8-7-13-19(20)22(24(26)27)17-10-5-4-6-11-17/h4-15,22H,16H2,1-3H3. The summed E-state index contributed by atoms with van der Waals surface area (Å²) in [5.41, 5.74) is 3.88. The lowest BCUT2D eigenvalue weighted by Crippen LogP contribution is -2.42. The van der Waals surface area contributed by atoms with Gasteiger partial charge in [-0.15, -0.1) is 0 Å². The Bertz CT molecular complexity index is 1020. The fraction of sp³-hybridized carbons (Fsp3) is 0.208. The van der Waals surface area contributed by atoms with Gasteiger partial charge in [-0.1, -0.05) is 60.7 Å². The van der Waals surface area contributed by atoms with Crippen LogP contribution in [0.15, 0.2) is 72.8 Å². The van der Waals surface area contributed by atoms with Gasteiger partial charge in [0.05, 0.1) is 25.8 Å². The second kappa shape index (κ2) is 7.97. The van der Waals surface area contributed by atoms with E-state index in [4.69, 9.17) is 9.47 Å². The van der Waals surface area contributed by atoms with E-state index in [1.807, 2.05) is 84.9 Å². The number of methoxy groups -OCH3 is 2. The van der Waals surface area contributed by atoms with Crippen molar-refractivity contribution < 1.29 is 14.3 Å². The van der Waals surface area contributed by atoms with Crippen LogP contribution in [0.4, 0.5) is 5.69 Å². The molecular formula is C24H24N2O3. The highest BCUT2D eigenvalue weighted by Crippen LogP contribution is 2.42. The Balaban J connectivity index is 1.70. The van der Waals surface area contributed by atoms with Gasteiger partial charge in [0.1, 0.15) is 0 Å². The number of carbonyl (C=O) groups excluding carboxylic acids is 1. The molecule has 0 bridgehead atoms. The average molecular weight is 388 g/mol. The Labute approximate surface area is 171 Å². The number of hydrazine groups is 1. The Hall–Kier alpha value is -3.31. The maximum absolute atomic E-state index is 13.5. The van der Waals surface area contributed by atoms with Crippen LogP contribution in [0.1, 0.15) is 22.6 Å². The second-order valence-electron chi connectivity index (χ2n) is 7.02. The minimum Gasteiger partial charge on any atom is -0.493 e. The number of hydrogen-bond donors (Lipinski definition) is 0. The van der Waals surface area contributed by atoms with Crippen LogP contribution >= 0.6 is 0 Å². The summed E-state index contributed by atoms with van der Waals surface area (Å²) in [6.45, 7) is 0.502. The molecule has 0 N–H and O–H groups in total. The van der Waals surface area contributed by atoms with Crippen LogP contribution < -0.4 is 14.5 Å².